The van der Waals surface area contributed by atoms with Crippen molar-refractivity contribution in [2.75, 3.05) is 0 Å². The molecule has 0 bridgehead atoms. The van der Waals surface area contributed by atoms with Gasteiger partial charge in [-0.2, -0.15) is 0 Å². The highest BCUT2D eigenvalue weighted by molar-refractivity contribution is 7.21. The van der Waals surface area contributed by atoms with E-state index in [9.17, 15) is 19.1 Å². The summed E-state index contributed by atoms with van der Waals surface area (Å²) in [5.74, 6) is -1.72. The van der Waals surface area contributed by atoms with Crippen molar-refractivity contribution >= 4 is 50.9 Å². The Kier molecular flexibility index (Phi) is 6.41. The van der Waals surface area contributed by atoms with Crippen molar-refractivity contribution in [2.45, 2.75) is 13.8 Å². The van der Waals surface area contributed by atoms with Gasteiger partial charge in [0.05, 0.1) is 0 Å². The molecule has 0 radical (unpaired) electrons. The number of hydrogen-bond donors (Lipinski definition) is 2. The molecule has 0 atom stereocenters. The van der Waals surface area contributed by atoms with E-state index < -0.39 is 11.8 Å². The second-order valence-corrected chi connectivity index (χ2v) is 9.13. The van der Waals surface area contributed by atoms with E-state index in [0.717, 1.165) is 29.6 Å². The molecule has 2 N–H and O–H groups in total. The van der Waals surface area contributed by atoms with Crippen LogP contribution in [0.4, 0.5) is 4.39 Å². The van der Waals surface area contributed by atoms with Crippen LogP contribution in [0.2, 0.25) is 5.02 Å². The summed E-state index contributed by atoms with van der Waals surface area (Å²) in [6.07, 6.45) is 1.98. The van der Waals surface area contributed by atoms with Crippen LogP contribution in [0, 0.1) is 19.7 Å². The van der Waals surface area contributed by atoms with Gasteiger partial charge in [0.15, 0.2) is 5.75 Å². The van der Waals surface area contributed by atoms with E-state index in [2.05, 4.69) is 0 Å². The molecule has 0 spiro atoms. The minimum absolute atomic E-state index is 0.0405. The van der Waals surface area contributed by atoms with Gasteiger partial charge in [-0.25, -0.2) is 9.18 Å². The largest absolute Gasteiger partial charge is 0.508 e. The Morgan fingerprint density at radius 2 is 1.76 bits per heavy atom. The van der Waals surface area contributed by atoms with Crippen molar-refractivity contribution in [3.63, 3.8) is 0 Å². The van der Waals surface area contributed by atoms with Gasteiger partial charge in [0.2, 0.25) is 5.78 Å². The number of carboxylic acid groups (broad SMARTS) is 1. The van der Waals surface area contributed by atoms with Crippen LogP contribution in [0.25, 0.3) is 16.2 Å². The van der Waals surface area contributed by atoms with Crippen molar-refractivity contribution in [3.05, 3.63) is 92.6 Å². The molecule has 0 aliphatic rings. The van der Waals surface area contributed by atoms with E-state index in [-0.39, 0.29) is 28.6 Å². The first-order valence-corrected chi connectivity index (χ1v) is 11.3. The van der Waals surface area contributed by atoms with Gasteiger partial charge in [0.25, 0.3) is 0 Å². The second kappa shape index (κ2) is 9.29. The normalized spacial score (nSPS) is 11.3. The Hall–Kier alpha value is -3.68. The first-order valence-electron chi connectivity index (χ1n) is 10.1. The molecule has 172 valence electrons. The van der Waals surface area contributed by atoms with Crippen LogP contribution in [0.5, 0.6) is 17.2 Å². The maximum absolute atomic E-state index is 14.5. The maximum Gasteiger partial charge on any atom is 0.328 e. The van der Waals surface area contributed by atoms with Crippen molar-refractivity contribution in [3.8, 4) is 17.2 Å². The number of carboxylic acids is 1. The number of aliphatic carboxylic acids is 1. The van der Waals surface area contributed by atoms with Crippen LogP contribution in [0.3, 0.4) is 0 Å². The van der Waals surface area contributed by atoms with Gasteiger partial charge in [0.1, 0.15) is 22.2 Å². The molecule has 0 unspecified atom stereocenters. The number of aryl methyl sites for hydroxylation is 2. The van der Waals surface area contributed by atoms with Crippen LogP contribution in [0.1, 0.15) is 31.9 Å². The number of rotatable bonds is 6. The molecule has 0 amide bonds. The van der Waals surface area contributed by atoms with Gasteiger partial charge in [-0.15, -0.1) is 11.3 Å². The number of halogens is 2. The molecule has 0 saturated heterocycles. The SMILES string of the molecule is Cc1cc(Cl)cc(C)c1C(=O)c1sc2cc(O)ccc2c1Oc1ccc(/C=C/C(=O)O)c(F)c1. The average Bonchev–Trinajstić information content (AvgIpc) is 3.09. The Labute approximate surface area is 203 Å². The molecule has 1 heterocycles. The fourth-order valence-electron chi connectivity index (χ4n) is 3.68. The molecule has 3 aromatic carbocycles. The maximum atomic E-state index is 14.5. The van der Waals surface area contributed by atoms with Gasteiger partial charge in [0, 0.05) is 38.4 Å². The summed E-state index contributed by atoms with van der Waals surface area (Å²) in [5.41, 5.74) is 1.99. The highest BCUT2D eigenvalue weighted by Crippen LogP contribution is 2.43. The predicted molar refractivity (Wildman–Crippen MR) is 131 cm³/mol. The van der Waals surface area contributed by atoms with Crippen molar-refractivity contribution in [2.24, 2.45) is 0 Å². The fraction of sp³-hybridized carbons (Fsp3) is 0.0769. The summed E-state index contributed by atoms with van der Waals surface area (Å²) in [4.78, 5) is 24.6. The van der Waals surface area contributed by atoms with Crippen LogP contribution in [-0.2, 0) is 4.79 Å². The van der Waals surface area contributed by atoms with Gasteiger partial charge in [-0.05, 0) is 73.5 Å². The number of fused-ring (bicyclic) bond motifs is 1. The summed E-state index contributed by atoms with van der Waals surface area (Å²) < 4.78 is 21.2. The first kappa shape index (κ1) is 23.5. The first-order chi connectivity index (χ1) is 16.1. The minimum atomic E-state index is -1.19. The molecule has 4 aromatic rings. The minimum Gasteiger partial charge on any atom is -0.508 e. The zero-order valence-corrected chi connectivity index (χ0v) is 19.6. The highest BCUT2D eigenvalue weighted by Gasteiger charge is 2.25. The Morgan fingerprint density at radius 3 is 2.41 bits per heavy atom. The van der Waals surface area contributed by atoms with Crippen LogP contribution in [0.15, 0.2) is 54.6 Å². The smallest absolute Gasteiger partial charge is 0.328 e. The Morgan fingerprint density at radius 1 is 1.06 bits per heavy atom. The van der Waals surface area contributed by atoms with E-state index in [4.69, 9.17) is 21.4 Å². The molecular weight excluding hydrogens is 479 g/mol. The molecule has 5 nitrogen and oxygen atoms in total. The summed E-state index contributed by atoms with van der Waals surface area (Å²) >= 11 is 7.29. The number of phenolic OH excluding ortho intramolecular Hbond substituents is 1. The molecule has 0 aliphatic carbocycles. The third-order valence-corrected chi connectivity index (χ3v) is 6.51. The lowest BCUT2D eigenvalue weighted by Crippen LogP contribution is -2.06. The quantitative estimate of drug-likeness (QED) is 0.219. The Balaban J connectivity index is 1.82. The zero-order chi connectivity index (χ0) is 24.6. The molecular formula is C26H18ClFO5S. The number of aromatic hydroxyl groups is 1. The van der Waals surface area contributed by atoms with E-state index in [1.54, 1.807) is 32.0 Å². The highest BCUT2D eigenvalue weighted by atomic mass is 35.5. The van der Waals surface area contributed by atoms with Gasteiger partial charge in [-0.3, -0.25) is 4.79 Å². The molecule has 1 aromatic heterocycles. The van der Waals surface area contributed by atoms with E-state index >= 15 is 0 Å². The van der Waals surface area contributed by atoms with Gasteiger partial charge in [-0.1, -0.05) is 11.6 Å². The topological polar surface area (TPSA) is 83.8 Å². The predicted octanol–water partition coefficient (Wildman–Crippen LogP) is 7.14. The van der Waals surface area contributed by atoms with Crippen molar-refractivity contribution in [1.29, 1.82) is 0 Å². The van der Waals surface area contributed by atoms with Crippen molar-refractivity contribution in [1.82, 2.24) is 0 Å². The standard InChI is InChI=1S/C26H18ClFO5S/c1-13-9-16(27)10-14(2)23(13)24(32)26-25(19-7-5-17(29)11-21(19)34-26)33-18-6-3-15(20(28)12-18)4-8-22(30)31/h3-12,29H,1-2H3,(H,30,31)/b8-4+. The summed E-state index contributed by atoms with van der Waals surface area (Å²) in [6.45, 7) is 3.59. The Bertz CT molecular complexity index is 1470. The number of thiophene rings is 1. The molecule has 0 fully saturated rings. The monoisotopic (exact) mass is 496 g/mol. The fourth-order valence-corrected chi connectivity index (χ4v) is 5.12. The van der Waals surface area contributed by atoms with E-state index in [1.807, 2.05) is 0 Å². The number of benzene rings is 3. The van der Waals surface area contributed by atoms with Crippen LogP contribution < -0.4 is 4.74 Å². The third kappa shape index (κ3) is 4.66. The summed E-state index contributed by atoms with van der Waals surface area (Å²) in [6, 6.07) is 12.1. The average molecular weight is 497 g/mol. The summed E-state index contributed by atoms with van der Waals surface area (Å²) in [5, 5.41) is 19.8. The summed E-state index contributed by atoms with van der Waals surface area (Å²) in [7, 11) is 0. The van der Waals surface area contributed by atoms with Gasteiger partial charge < -0.3 is 14.9 Å². The van der Waals surface area contributed by atoms with E-state index in [1.165, 1.54) is 24.3 Å². The molecule has 4 rings (SSSR count). The molecule has 8 heteroatoms. The van der Waals surface area contributed by atoms with Gasteiger partial charge >= 0.3 is 5.97 Å². The molecule has 0 aliphatic heterocycles. The number of phenols is 1. The van der Waals surface area contributed by atoms with Crippen LogP contribution in [-0.4, -0.2) is 22.0 Å². The third-order valence-electron chi connectivity index (χ3n) is 5.16. The molecule has 34 heavy (non-hydrogen) atoms. The number of carbonyl (C=O) groups excluding carboxylic acids is 1. The number of carbonyl (C=O) groups is 2. The lowest BCUT2D eigenvalue weighted by atomic mass is 9.98. The zero-order valence-electron chi connectivity index (χ0n) is 18.1. The van der Waals surface area contributed by atoms with Crippen LogP contribution >= 0.6 is 22.9 Å². The number of ether oxygens (including phenoxy) is 1. The second-order valence-electron chi connectivity index (χ2n) is 7.64. The molecule has 0 saturated carbocycles. The number of hydrogen-bond acceptors (Lipinski definition) is 5. The lowest BCUT2D eigenvalue weighted by Gasteiger charge is -2.12. The number of ketones is 1. The van der Waals surface area contributed by atoms with Crippen molar-refractivity contribution < 1.29 is 28.9 Å². The van der Waals surface area contributed by atoms with E-state index in [0.29, 0.717) is 36.7 Å². The lowest BCUT2D eigenvalue weighted by molar-refractivity contribution is -0.131.